The van der Waals surface area contributed by atoms with E-state index in [0.29, 0.717) is 5.69 Å². The number of methoxy groups -OCH3 is 1. The molecule has 0 bridgehead atoms. The van der Waals surface area contributed by atoms with Crippen molar-refractivity contribution >= 4 is 11.9 Å². The maximum Gasteiger partial charge on any atom is 0.326 e. The highest BCUT2D eigenvalue weighted by Gasteiger charge is 2.41. The Bertz CT molecular complexity index is 958. The van der Waals surface area contributed by atoms with Gasteiger partial charge in [-0.3, -0.25) is 9.59 Å². The van der Waals surface area contributed by atoms with Crippen molar-refractivity contribution in [2.75, 3.05) is 13.7 Å². The van der Waals surface area contributed by atoms with E-state index in [1.54, 1.807) is 13.0 Å². The van der Waals surface area contributed by atoms with E-state index in [9.17, 15) is 23.9 Å². The normalized spacial score (nSPS) is 19.3. The molecule has 1 fully saturated rings. The summed E-state index contributed by atoms with van der Waals surface area (Å²) in [5.41, 5.74) is -0.704. The van der Waals surface area contributed by atoms with Crippen LogP contribution in [-0.2, 0) is 9.53 Å². The van der Waals surface area contributed by atoms with E-state index in [1.807, 2.05) is 0 Å². The SMILES string of the molecule is COC1CC(C(=O)O)N(C(=O)c2nn(-c3ccccc3F)c(C)cc2=O)C1. The standard InChI is InChI=1S/C18H18FN3O5/c1-10-7-15(23)16(20-22(10)13-6-4-3-5-12(13)19)17(24)21-9-11(27-2)8-14(21)18(25)26/h3-7,11,14H,8-9H2,1-2H3,(H,25,26). The second kappa shape index (κ2) is 7.28. The zero-order valence-electron chi connectivity index (χ0n) is 14.8. The fraction of sp³-hybridized carbons (Fsp3) is 0.333. The second-order valence-corrected chi connectivity index (χ2v) is 6.27. The molecule has 27 heavy (non-hydrogen) atoms. The summed E-state index contributed by atoms with van der Waals surface area (Å²) < 4.78 is 20.4. The van der Waals surface area contributed by atoms with Crippen LogP contribution in [0.2, 0.25) is 0 Å². The average molecular weight is 375 g/mol. The number of amides is 1. The molecule has 9 heteroatoms. The van der Waals surface area contributed by atoms with Gasteiger partial charge >= 0.3 is 5.97 Å². The van der Waals surface area contributed by atoms with Crippen LogP contribution in [-0.4, -0.2) is 57.5 Å². The number of para-hydroxylation sites is 1. The number of carbonyl (C=O) groups is 2. The zero-order valence-corrected chi connectivity index (χ0v) is 14.8. The maximum absolute atomic E-state index is 14.1. The molecular weight excluding hydrogens is 357 g/mol. The van der Waals surface area contributed by atoms with Crippen molar-refractivity contribution in [2.24, 2.45) is 0 Å². The van der Waals surface area contributed by atoms with Gasteiger partial charge in [-0.15, -0.1) is 0 Å². The molecule has 3 rings (SSSR count). The maximum atomic E-state index is 14.1. The third-order valence-electron chi connectivity index (χ3n) is 4.53. The Labute approximate surface area is 153 Å². The first-order valence-electron chi connectivity index (χ1n) is 8.26. The molecule has 1 aromatic heterocycles. The van der Waals surface area contributed by atoms with E-state index in [0.717, 1.165) is 9.58 Å². The third kappa shape index (κ3) is 3.45. The van der Waals surface area contributed by atoms with E-state index < -0.39 is 41.0 Å². The number of rotatable bonds is 4. The Morgan fingerprint density at radius 1 is 1.33 bits per heavy atom. The molecule has 1 saturated heterocycles. The van der Waals surface area contributed by atoms with Crippen LogP contribution in [0.3, 0.4) is 0 Å². The van der Waals surface area contributed by atoms with Gasteiger partial charge in [0.15, 0.2) is 5.69 Å². The quantitative estimate of drug-likeness (QED) is 0.855. The fourth-order valence-electron chi connectivity index (χ4n) is 3.13. The third-order valence-corrected chi connectivity index (χ3v) is 4.53. The smallest absolute Gasteiger partial charge is 0.326 e. The zero-order chi connectivity index (χ0) is 19.7. The molecule has 1 aromatic carbocycles. The highest BCUT2D eigenvalue weighted by molar-refractivity contribution is 5.95. The van der Waals surface area contributed by atoms with Crippen molar-refractivity contribution in [3.8, 4) is 5.69 Å². The summed E-state index contributed by atoms with van der Waals surface area (Å²) in [5.74, 6) is -2.58. The van der Waals surface area contributed by atoms with Gasteiger partial charge in [0.2, 0.25) is 5.43 Å². The summed E-state index contributed by atoms with van der Waals surface area (Å²) in [6.45, 7) is 1.59. The molecule has 1 amide bonds. The van der Waals surface area contributed by atoms with Crippen molar-refractivity contribution in [1.29, 1.82) is 0 Å². The lowest BCUT2D eigenvalue weighted by Crippen LogP contribution is -2.43. The summed E-state index contributed by atoms with van der Waals surface area (Å²) in [7, 11) is 1.42. The van der Waals surface area contributed by atoms with Crippen LogP contribution >= 0.6 is 0 Å². The predicted molar refractivity (Wildman–Crippen MR) is 92.4 cm³/mol. The summed E-state index contributed by atoms with van der Waals surface area (Å²) in [5, 5.41) is 13.4. The van der Waals surface area contributed by atoms with Gasteiger partial charge < -0.3 is 14.7 Å². The van der Waals surface area contributed by atoms with Gasteiger partial charge in [0.25, 0.3) is 5.91 Å². The first-order valence-corrected chi connectivity index (χ1v) is 8.26. The van der Waals surface area contributed by atoms with Crippen LogP contribution in [0.1, 0.15) is 22.6 Å². The van der Waals surface area contributed by atoms with Gasteiger partial charge in [0.05, 0.1) is 6.10 Å². The molecule has 1 aliphatic rings. The molecule has 1 N–H and O–H groups in total. The van der Waals surface area contributed by atoms with E-state index >= 15 is 0 Å². The highest BCUT2D eigenvalue weighted by Crippen LogP contribution is 2.22. The topological polar surface area (TPSA) is 102 Å². The van der Waals surface area contributed by atoms with Gasteiger partial charge in [0.1, 0.15) is 17.5 Å². The van der Waals surface area contributed by atoms with Crippen LogP contribution in [0, 0.1) is 12.7 Å². The molecule has 2 aromatic rings. The Morgan fingerprint density at radius 3 is 2.67 bits per heavy atom. The number of ether oxygens (including phenoxy) is 1. The minimum absolute atomic E-state index is 0.0288. The van der Waals surface area contributed by atoms with Gasteiger partial charge in [-0.1, -0.05) is 12.1 Å². The average Bonchev–Trinajstić information content (AvgIpc) is 3.07. The molecule has 0 aliphatic carbocycles. The van der Waals surface area contributed by atoms with Crippen LogP contribution in [0.4, 0.5) is 4.39 Å². The molecule has 8 nitrogen and oxygen atoms in total. The van der Waals surface area contributed by atoms with Crippen molar-refractivity contribution in [2.45, 2.75) is 25.5 Å². The number of hydrogen-bond acceptors (Lipinski definition) is 5. The molecule has 2 unspecified atom stereocenters. The molecule has 2 atom stereocenters. The van der Waals surface area contributed by atoms with E-state index in [2.05, 4.69) is 5.10 Å². The predicted octanol–water partition coefficient (Wildman–Crippen LogP) is 0.994. The summed E-state index contributed by atoms with van der Waals surface area (Å²) in [6, 6.07) is 5.86. The van der Waals surface area contributed by atoms with Gasteiger partial charge in [-0.25, -0.2) is 13.9 Å². The van der Waals surface area contributed by atoms with Crippen molar-refractivity contribution in [3.63, 3.8) is 0 Å². The molecule has 0 radical (unpaired) electrons. The minimum atomic E-state index is -1.19. The molecule has 0 spiro atoms. The number of carbonyl (C=O) groups excluding carboxylic acids is 1. The number of hydrogen-bond donors (Lipinski definition) is 1. The monoisotopic (exact) mass is 375 g/mol. The van der Waals surface area contributed by atoms with E-state index in [4.69, 9.17) is 4.74 Å². The molecular formula is C18H18FN3O5. The molecule has 1 aliphatic heterocycles. The summed E-state index contributed by atoms with van der Waals surface area (Å²) >= 11 is 0. The van der Waals surface area contributed by atoms with Crippen molar-refractivity contribution in [3.05, 3.63) is 57.8 Å². The van der Waals surface area contributed by atoms with Crippen LogP contribution < -0.4 is 5.43 Å². The number of aliphatic carboxylic acids is 1. The van der Waals surface area contributed by atoms with Crippen LogP contribution in [0.5, 0.6) is 0 Å². The summed E-state index contributed by atoms with van der Waals surface area (Å²) in [4.78, 5) is 37.7. The van der Waals surface area contributed by atoms with E-state index in [-0.39, 0.29) is 18.7 Å². The Hall–Kier alpha value is -3.07. The van der Waals surface area contributed by atoms with Gasteiger partial charge in [0, 0.05) is 31.8 Å². The van der Waals surface area contributed by atoms with Crippen molar-refractivity contribution in [1.82, 2.24) is 14.7 Å². The Balaban J connectivity index is 2.05. The lowest BCUT2D eigenvalue weighted by atomic mass is 10.2. The highest BCUT2D eigenvalue weighted by atomic mass is 19.1. The lowest BCUT2D eigenvalue weighted by molar-refractivity contribution is -0.141. The number of aromatic nitrogens is 2. The number of aryl methyl sites for hydroxylation is 1. The molecule has 2 heterocycles. The number of carboxylic acids is 1. The number of halogens is 1. The molecule has 142 valence electrons. The second-order valence-electron chi connectivity index (χ2n) is 6.27. The minimum Gasteiger partial charge on any atom is -0.480 e. The first kappa shape index (κ1) is 18.7. The number of carboxylic acid groups (broad SMARTS) is 1. The Morgan fingerprint density at radius 2 is 2.04 bits per heavy atom. The number of likely N-dealkylation sites (tertiary alicyclic amines) is 1. The van der Waals surface area contributed by atoms with Crippen LogP contribution in [0.15, 0.2) is 35.1 Å². The van der Waals surface area contributed by atoms with Crippen molar-refractivity contribution < 1.29 is 23.8 Å². The fourth-order valence-corrected chi connectivity index (χ4v) is 3.13. The lowest BCUT2D eigenvalue weighted by Gasteiger charge is -2.21. The number of benzene rings is 1. The Kier molecular flexibility index (Phi) is 5.04. The largest absolute Gasteiger partial charge is 0.480 e. The van der Waals surface area contributed by atoms with Crippen LogP contribution in [0.25, 0.3) is 5.69 Å². The summed E-state index contributed by atoms with van der Waals surface area (Å²) in [6.07, 6.45) is -0.334. The van der Waals surface area contributed by atoms with Gasteiger partial charge in [-0.2, -0.15) is 5.10 Å². The number of nitrogens with zero attached hydrogens (tertiary/aromatic N) is 3. The van der Waals surface area contributed by atoms with E-state index in [1.165, 1.54) is 31.4 Å². The molecule has 0 saturated carbocycles. The first-order chi connectivity index (χ1) is 12.8. The van der Waals surface area contributed by atoms with Gasteiger partial charge in [-0.05, 0) is 19.1 Å².